The van der Waals surface area contributed by atoms with Gasteiger partial charge in [0.15, 0.2) is 4.80 Å². The molecule has 33 heavy (non-hydrogen) atoms. The smallest absolute Gasteiger partial charge is 0.338 e. The van der Waals surface area contributed by atoms with Gasteiger partial charge in [-0.2, -0.15) is 0 Å². The van der Waals surface area contributed by atoms with E-state index in [0.717, 1.165) is 11.1 Å². The number of nitrogens with zero attached hydrogens (tertiary/aromatic N) is 2. The highest BCUT2D eigenvalue weighted by Crippen LogP contribution is 2.31. The number of thiazole rings is 1. The molecule has 1 aliphatic heterocycles. The van der Waals surface area contributed by atoms with Gasteiger partial charge in [-0.15, -0.1) is 0 Å². The van der Waals surface area contributed by atoms with Crippen molar-refractivity contribution in [2.24, 2.45) is 4.99 Å². The summed E-state index contributed by atoms with van der Waals surface area (Å²) in [5.74, 6) is 0.190. The third kappa shape index (κ3) is 4.65. The number of methoxy groups -OCH3 is 1. The molecule has 0 N–H and O–H groups in total. The molecule has 1 atom stereocenters. The Morgan fingerprint density at radius 3 is 2.58 bits per heavy atom. The first kappa shape index (κ1) is 23.0. The second-order valence-corrected chi connectivity index (χ2v) is 9.31. The largest absolute Gasteiger partial charge is 0.497 e. The van der Waals surface area contributed by atoms with Gasteiger partial charge in [-0.05, 0) is 62.2 Å². The summed E-state index contributed by atoms with van der Waals surface area (Å²) in [6.07, 6.45) is 1.48. The highest BCUT2D eigenvalue weighted by Gasteiger charge is 2.33. The van der Waals surface area contributed by atoms with Crippen molar-refractivity contribution in [3.05, 3.63) is 95.6 Å². The maximum absolute atomic E-state index is 13.6. The normalized spacial score (nSPS) is 15.9. The van der Waals surface area contributed by atoms with Gasteiger partial charge < -0.3 is 9.47 Å². The summed E-state index contributed by atoms with van der Waals surface area (Å²) in [7, 11) is 1.59. The van der Waals surface area contributed by atoms with E-state index in [1.165, 1.54) is 11.3 Å². The third-order valence-electron chi connectivity index (χ3n) is 5.16. The summed E-state index contributed by atoms with van der Waals surface area (Å²) in [6.45, 7) is 5.34. The Bertz CT molecular complexity index is 1420. The van der Waals surface area contributed by atoms with Crippen molar-refractivity contribution in [3.63, 3.8) is 0 Å². The molecule has 3 aromatic rings. The Labute approximate surface area is 200 Å². The van der Waals surface area contributed by atoms with E-state index in [2.05, 4.69) is 4.99 Å². The van der Waals surface area contributed by atoms with E-state index in [0.29, 0.717) is 31.4 Å². The molecule has 0 saturated carbocycles. The number of ether oxygens (including phenoxy) is 2. The SMILES string of the molecule is COc1ccc([C@@H]2C(C(=O)OC(C)C)=C(C)N=c3s/c(=C/c4cccc(Cl)c4)c(=O)n32)cc1. The van der Waals surface area contributed by atoms with Gasteiger partial charge >= 0.3 is 5.97 Å². The predicted octanol–water partition coefficient (Wildman–Crippen LogP) is 3.85. The molecule has 8 heteroatoms. The Morgan fingerprint density at radius 2 is 1.94 bits per heavy atom. The molecule has 0 spiro atoms. The van der Waals surface area contributed by atoms with Crippen LogP contribution in [-0.2, 0) is 9.53 Å². The first-order chi connectivity index (χ1) is 15.8. The maximum Gasteiger partial charge on any atom is 0.338 e. The molecule has 0 radical (unpaired) electrons. The lowest BCUT2D eigenvalue weighted by Gasteiger charge is -2.25. The van der Waals surface area contributed by atoms with Gasteiger partial charge in [0.1, 0.15) is 5.75 Å². The van der Waals surface area contributed by atoms with E-state index < -0.39 is 12.0 Å². The average Bonchev–Trinajstić information content (AvgIpc) is 3.07. The van der Waals surface area contributed by atoms with E-state index in [1.807, 2.05) is 24.3 Å². The quantitative estimate of drug-likeness (QED) is 0.518. The summed E-state index contributed by atoms with van der Waals surface area (Å²) in [4.78, 5) is 31.8. The summed E-state index contributed by atoms with van der Waals surface area (Å²) in [5, 5.41) is 0.585. The maximum atomic E-state index is 13.6. The minimum atomic E-state index is -0.667. The molecule has 0 aliphatic carbocycles. The zero-order valence-corrected chi connectivity index (χ0v) is 20.2. The van der Waals surface area contributed by atoms with Crippen LogP contribution in [0.15, 0.2) is 69.6 Å². The predicted molar refractivity (Wildman–Crippen MR) is 129 cm³/mol. The number of allylic oxidation sites excluding steroid dienone is 1. The molecular weight excluding hydrogens is 460 g/mol. The van der Waals surface area contributed by atoms with Gasteiger partial charge in [0.05, 0.1) is 35.1 Å². The Kier molecular flexibility index (Phi) is 6.54. The number of carbonyl (C=O) groups excluding carboxylic acids is 1. The molecule has 4 rings (SSSR count). The molecule has 0 amide bonds. The fourth-order valence-electron chi connectivity index (χ4n) is 3.71. The van der Waals surface area contributed by atoms with Gasteiger partial charge in [0.25, 0.3) is 5.56 Å². The number of esters is 1. The van der Waals surface area contributed by atoms with Gasteiger partial charge in [-0.1, -0.05) is 47.2 Å². The number of aromatic nitrogens is 1. The fraction of sp³-hybridized carbons (Fsp3) is 0.240. The number of halogens is 1. The van der Waals surface area contributed by atoms with Crippen molar-refractivity contribution in [3.8, 4) is 5.75 Å². The molecule has 2 heterocycles. The molecule has 0 bridgehead atoms. The van der Waals surface area contributed by atoms with Gasteiger partial charge in [0.2, 0.25) is 0 Å². The summed E-state index contributed by atoms with van der Waals surface area (Å²) in [5.41, 5.74) is 2.20. The molecule has 0 unspecified atom stereocenters. The van der Waals surface area contributed by atoms with Crippen LogP contribution in [0.5, 0.6) is 5.75 Å². The molecule has 6 nitrogen and oxygen atoms in total. The summed E-state index contributed by atoms with van der Waals surface area (Å²) >= 11 is 7.38. The van der Waals surface area contributed by atoms with Crippen molar-refractivity contribution in [2.75, 3.05) is 7.11 Å². The second kappa shape index (κ2) is 9.37. The minimum Gasteiger partial charge on any atom is -0.497 e. The van der Waals surface area contributed by atoms with Crippen molar-refractivity contribution in [1.29, 1.82) is 0 Å². The van der Waals surface area contributed by atoms with Gasteiger partial charge in [-0.25, -0.2) is 9.79 Å². The van der Waals surface area contributed by atoms with Crippen LogP contribution in [0.2, 0.25) is 5.02 Å². The average molecular weight is 483 g/mol. The summed E-state index contributed by atoms with van der Waals surface area (Å²) < 4.78 is 12.8. The lowest BCUT2D eigenvalue weighted by molar-refractivity contribution is -0.143. The fourth-order valence-corrected chi connectivity index (χ4v) is 4.95. The van der Waals surface area contributed by atoms with Crippen LogP contribution in [0.3, 0.4) is 0 Å². The van der Waals surface area contributed by atoms with E-state index in [9.17, 15) is 9.59 Å². The Hall–Kier alpha value is -3.16. The monoisotopic (exact) mass is 482 g/mol. The highest BCUT2D eigenvalue weighted by atomic mass is 35.5. The lowest BCUT2D eigenvalue weighted by atomic mass is 9.96. The number of carbonyl (C=O) groups is 1. The van der Waals surface area contributed by atoms with Crippen molar-refractivity contribution < 1.29 is 14.3 Å². The van der Waals surface area contributed by atoms with Crippen LogP contribution in [-0.4, -0.2) is 23.8 Å². The molecule has 0 saturated heterocycles. The molecule has 1 aromatic heterocycles. The van der Waals surface area contributed by atoms with Crippen molar-refractivity contribution in [1.82, 2.24) is 4.57 Å². The zero-order chi connectivity index (χ0) is 23.7. The lowest BCUT2D eigenvalue weighted by Crippen LogP contribution is -2.40. The van der Waals surface area contributed by atoms with Crippen LogP contribution in [0, 0.1) is 0 Å². The van der Waals surface area contributed by atoms with Crippen LogP contribution in [0.1, 0.15) is 37.9 Å². The molecule has 2 aromatic carbocycles. The molecular formula is C25H23ClN2O4S. The van der Waals surface area contributed by atoms with Crippen molar-refractivity contribution >= 4 is 35.0 Å². The highest BCUT2D eigenvalue weighted by molar-refractivity contribution is 7.07. The van der Waals surface area contributed by atoms with Crippen LogP contribution >= 0.6 is 22.9 Å². The van der Waals surface area contributed by atoms with E-state index >= 15 is 0 Å². The van der Waals surface area contributed by atoms with Gasteiger partial charge in [-0.3, -0.25) is 9.36 Å². The van der Waals surface area contributed by atoms with Crippen LogP contribution in [0.4, 0.5) is 0 Å². The molecule has 0 fully saturated rings. The first-order valence-electron chi connectivity index (χ1n) is 10.4. The van der Waals surface area contributed by atoms with Crippen LogP contribution in [0.25, 0.3) is 6.08 Å². The van der Waals surface area contributed by atoms with Crippen molar-refractivity contribution in [2.45, 2.75) is 32.9 Å². The Balaban J connectivity index is 1.94. The van der Waals surface area contributed by atoms with E-state index in [-0.39, 0.29) is 11.7 Å². The Morgan fingerprint density at radius 1 is 1.21 bits per heavy atom. The standard InChI is InChI=1S/C25H23ClN2O4S/c1-14(2)32-24(30)21-15(3)27-25-28(22(21)17-8-10-19(31-4)11-9-17)23(29)20(33-25)13-16-6-5-7-18(26)12-16/h5-14,22H,1-4H3/b20-13+/t22-/m1/s1. The number of rotatable bonds is 5. The third-order valence-corrected chi connectivity index (χ3v) is 6.38. The molecule has 1 aliphatic rings. The summed E-state index contributed by atoms with van der Waals surface area (Å²) in [6, 6.07) is 13.9. The number of benzene rings is 2. The topological polar surface area (TPSA) is 69.9 Å². The number of fused-ring (bicyclic) bond motifs is 1. The van der Waals surface area contributed by atoms with E-state index in [1.54, 1.807) is 62.8 Å². The van der Waals surface area contributed by atoms with Crippen LogP contribution < -0.4 is 19.6 Å². The first-order valence-corrected chi connectivity index (χ1v) is 11.6. The number of hydrogen-bond donors (Lipinski definition) is 0. The van der Waals surface area contributed by atoms with Gasteiger partial charge in [0, 0.05) is 5.02 Å². The second-order valence-electron chi connectivity index (χ2n) is 7.86. The number of hydrogen-bond acceptors (Lipinski definition) is 6. The minimum absolute atomic E-state index is 0.234. The molecule has 170 valence electrons. The zero-order valence-electron chi connectivity index (χ0n) is 18.7. The van der Waals surface area contributed by atoms with E-state index in [4.69, 9.17) is 21.1 Å².